The molecule has 1 N–H and O–H groups in total. The van der Waals surface area contributed by atoms with Crippen LogP contribution in [-0.2, 0) is 11.2 Å². The molecule has 25 heavy (non-hydrogen) atoms. The smallest absolute Gasteiger partial charge is 0.237 e. The Morgan fingerprint density at radius 3 is 2.76 bits per heavy atom. The quantitative estimate of drug-likeness (QED) is 0.795. The van der Waals surface area contributed by atoms with Crippen LogP contribution >= 0.6 is 11.6 Å². The van der Waals surface area contributed by atoms with E-state index in [0.717, 1.165) is 12.8 Å². The molecular weight excluding hydrogens is 338 g/mol. The predicted molar refractivity (Wildman–Crippen MR) is 99.9 cm³/mol. The maximum absolute atomic E-state index is 11.0. The molecule has 0 aliphatic carbocycles. The Kier molecular flexibility index (Phi) is 6.95. The van der Waals surface area contributed by atoms with Gasteiger partial charge in [0.1, 0.15) is 5.75 Å². The van der Waals surface area contributed by atoms with Crippen LogP contribution in [0.15, 0.2) is 36.7 Å². The van der Waals surface area contributed by atoms with Crippen molar-refractivity contribution < 1.29 is 9.53 Å². The fourth-order valence-electron chi connectivity index (χ4n) is 2.26. The predicted octanol–water partition coefficient (Wildman–Crippen LogP) is 4.41. The van der Waals surface area contributed by atoms with Crippen molar-refractivity contribution in [3.8, 4) is 11.6 Å². The number of hydrogen-bond acceptors (Lipinski definition) is 4. The van der Waals surface area contributed by atoms with Crippen LogP contribution < -0.4 is 10.1 Å². The van der Waals surface area contributed by atoms with Crippen LogP contribution in [0, 0.1) is 0 Å². The van der Waals surface area contributed by atoms with Crippen molar-refractivity contribution >= 4 is 23.6 Å². The molecule has 2 rings (SSSR count). The maximum atomic E-state index is 11.0. The zero-order chi connectivity index (χ0) is 18.2. The number of amides is 1. The van der Waals surface area contributed by atoms with Crippen LogP contribution in [0.4, 0.5) is 0 Å². The Morgan fingerprint density at radius 2 is 2.16 bits per heavy atom. The topological polar surface area (TPSA) is 64.1 Å². The molecule has 0 spiro atoms. The summed E-state index contributed by atoms with van der Waals surface area (Å²) in [6, 6.07) is 5.68. The van der Waals surface area contributed by atoms with Gasteiger partial charge in [-0.15, -0.1) is 0 Å². The number of nitrogens with one attached hydrogen (secondary N) is 1. The molecule has 1 aromatic carbocycles. The summed E-state index contributed by atoms with van der Waals surface area (Å²) in [6.45, 7) is 5.49. The largest absolute Gasteiger partial charge is 0.436 e. The zero-order valence-corrected chi connectivity index (χ0v) is 15.4. The molecule has 0 aliphatic heterocycles. The second kappa shape index (κ2) is 9.18. The van der Waals surface area contributed by atoms with Crippen molar-refractivity contribution in [3.63, 3.8) is 0 Å². The minimum Gasteiger partial charge on any atom is -0.436 e. The van der Waals surface area contributed by atoms with E-state index in [-0.39, 0.29) is 11.9 Å². The van der Waals surface area contributed by atoms with Crippen molar-refractivity contribution in [1.82, 2.24) is 15.3 Å². The van der Waals surface area contributed by atoms with Crippen LogP contribution in [0.25, 0.3) is 6.08 Å². The molecule has 132 valence electrons. The number of aryl methyl sites for hydroxylation is 1. The number of rotatable bonds is 7. The van der Waals surface area contributed by atoms with Gasteiger partial charge in [-0.1, -0.05) is 37.1 Å². The standard InChI is InChI=1S/C19H22ClN3O2/c1-4-5-15-7-9-18(17(20)10-15)25-19-12-21-16(11-22-19)8-6-13(2)23-14(3)24/h6-13H,4-5H2,1-3H3,(H,23,24)/b8-6+/t13-/m0/s1. The number of nitrogens with zero attached hydrogens (tertiary/aromatic N) is 2. The first-order chi connectivity index (χ1) is 12.0. The van der Waals surface area contributed by atoms with Crippen molar-refractivity contribution in [2.45, 2.75) is 39.7 Å². The number of carbonyl (C=O) groups excluding carboxylic acids is 1. The van der Waals surface area contributed by atoms with E-state index in [1.807, 2.05) is 31.2 Å². The van der Waals surface area contributed by atoms with E-state index in [0.29, 0.717) is 22.3 Å². The Hall–Kier alpha value is -2.40. The summed E-state index contributed by atoms with van der Waals surface area (Å²) in [5.74, 6) is 0.851. The molecule has 0 aliphatic rings. The van der Waals surface area contributed by atoms with E-state index >= 15 is 0 Å². The molecule has 0 unspecified atom stereocenters. The monoisotopic (exact) mass is 359 g/mol. The molecule has 1 heterocycles. The van der Waals surface area contributed by atoms with Gasteiger partial charge in [0, 0.05) is 13.0 Å². The lowest BCUT2D eigenvalue weighted by atomic mass is 10.1. The van der Waals surface area contributed by atoms with E-state index in [1.165, 1.54) is 12.5 Å². The molecule has 0 saturated carbocycles. The van der Waals surface area contributed by atoms with Gasteiger partial charge in [0.2, 0.25) is 11.8 Å². The fraction of sp³-hybridized carbons (Fsp3) is 0.316. The fourth-order valence-corrected chi connectivity index (χ4v) is 2.50. The van der Waals surface area contributed by atoms with Gasteiger partial charge in [-0.2, -0.15) is 0 Å². The summed E-state index contributed by atoms with van der Waals surface area (Å²) < 4.78 is 5.69. The number of aromatic nitrogens is 2. The summed E-state index contributed by atoms with van der Waals surface area (Å²) in [7, 11) is 0. The average molecular weight is 360 g/mol. The average Bonchev–Trinajstić information content (AvgIpc) is 2.56. The van der Waals surface area contributed by atoms with Gasteiger partial charge in [0.15, 0.2) is 0 Å². The molecule has 0 radical (unpaired) electrons. The first-order valence-electron chi connectivity index (χ1n) is 8.21. The van der Waals surface area contributed by atoms with E-state index in [1.54, 1.807) is 18.5 Å². The van der Waals surface area contributed by atoms with Crippen molar-refractivity contribution in [2.75, 3.05) is 0 Å². The maximum Gasteiger partial charge on any atom is 0.237 e. The summed E-state index contributed by atoms with van der Waals surface area (Å²) in [6.07, 6.45) is 8.83. The first kappa shape index (κ1) is 18.9. The Morgan fingerprint density at radius 1 is 1.36 bits per heavy atom. The van der Waals surface area contributed by atoms with Gasteiger partial charge in [-0.3, -0.25) is 4.79 Å². The van der Waals surface area contributed by atoms with E-state index in [2.05, 4.69) is 22.2 Å². The molecule has 1 amide bonds. The number of carbonyl (C=O) groups is 1. The van der Waals surface area contributed by atoms with Crippen molar-refractivity contribution in [3.05, 3.63) is 52.9 Å². The number of halogens is 1. The number of benzene rings is 1. The summed E-state index contributed by atoms with van der Waals surface area (Å²) in [5, 5.41) is 3.32. The molecule has 0 bridgehead atoms. The molecule has 0 fully saturated rings. The molecule has 1 atom stereocenters. The summed E-state index contributed by atoms with van der Waals surface area (Å²) >= 11 is 6.25. The van der Waals surface area contributed by atoms with Crippen LogP contribution in [0.5, 0.6) is 11.6 Å². The van der Waals surface area contributed by atoms with Crippen LogP contribution in [0.1, 0.15) is 38.4 Å². The molecule has 2 aromatic rings. The van der Waals surface area contributed by atoms with Crippen molar-refractivity contribution in [2.24, 2.45) is 0 Å². The summed E-state index contributed by atoms with van der Waals surface area (Å²) in [5.41, 5.74) is 1.86. The highest BCUT2D eigenvalue weighted by atomic mass is 35.5. The molecule has 1 aromatic heterocycles. The van der Waals surface area contributed by atoms with Gasteiger partial charge >= 0.3 is 0 Å². The van der Waals surface area contributed by atoms with Gasteiger partial charge < -0.3 is 10.1 Å². The lowest BCUT2D eigenvalue weighted by Crippen LogP contribution is -2.28. The second-order valence-electron chi connectivity index (χ2n) is 5.74. The number of hydrogen-bond donors (Lipinski definition) is 1. The highest BCUT2D eigenvalue weighted by molar-refractivity contribution is 6.32. The molecular formula is C19H22ClN3O2. The van der Waals surface area contributed by atoms with E-state index in [4.69, 9.17) is 16.3 Å². The minimum atomic E-state index is -0.0752. The second-order valence-corrected chi connectivity index (χ2v) is 6.15. The third-order valence-electron chi connectivity index (χ3n) is 3.38. The highest BCUT2D eigenvalue weighted by Gasteiger charge is 2.06. The van der Waals surface area contributed by atoms with Gasteiger partial charge in [-0.05, 0) is 37.1 Å². The third kappa shape index (κ3) is 6.19. The highest BCUT2D eigenvalue weighted by Crippen LogP contribution is 2.29. The molecule has 5 nitrogen and oxygen atoms in total. The normalized spacial score (nSPS) is 12.2. The lowest BCUT2D eigenvalue weighted by Gasteiger charge is -2.08. The minimum absolute atomic E-state index is 0.0735. The summed E-state index contributed by atoms with van der Waals surface area (Å²) in [4.78, 5) is 19.5. The van der Waals surface area contributed by atoms with E-state index in [9.17, 15) is 4.79 Å². The van der Waals surface area contributed by atoms with E-state index < -0.39 is 0 Å². The zero-order valence-electron chi connectivity index (χ0n) is 14.6. The Bertz CT molecular complexity index is 745. The van der Waals surface area contributed by atoms with Gasteiger partial charge in [-0.25, -0.2) is 9.97 Å². The van der Waals surface area contributed by atoms with Crippen LogP contribution in [-0.4, -0.2) is 21.9 Å². The van der Waals surface area contributed by atoms with Gasteiger partial charge in [0.25, 0.3) is 0 Å². The first-order valence-corrected chi connectivity index (χ1v) is 8.59. The van der Waals surface area contributed by atoms with Crippen LogP contribution in [0.2, 0.25) is 5.02 Å². The Labute approximate surface area is 153 Å². The van der Waals surface area contributed by atoms with Crippen molar-refractivity contribution in [1.29, 1.82) is 0 Å². The molecule has 6 heteroatoms. The SMILES string of the molecule is CCCc1ccc(Oc2cnc(/C=C/[C@H](C)NC(C)=O)cn2)c(Cl)c1. The number of ether oxygens (including phenoxy) is 1. The Balaban J connectivity index is 2.00. The lowest BCUT2D eigenvalue weighted by molar-refractivity contribution is -0.119. The van der Waals surface area contributed by atoms with Gasteiger partial charge in [0.05, 0.1) is 23.1 Å². The third-order valence-corrected chi connectivity index (χ3v) is 3.68. The van der Waals surface area contributed by atoms with Crippen LogP contribution in [0.3, 0.4) is 0 Å². The molecule has 0 saturated heterocycles.